The molecule has 6 atom stereocenters. The third kappa shape index (κ3) is 6.03. The molecule has 1 aromatic rings. The van der Waals surface area contributed by atoms with E-state index >= 15 is 4.79 Å². The van der Waals surface area contributed by atoms with E-state index in [1.807, 2.05) is 65.0 Å². The maximum Gasteiger partial charge on any atom is 0.342 e. The standard InChI is InChI=1S/C43H50O7/c1-7-8-9-10-11-12-30-32-23-33(41(47)49-38(32)28(21-34(30)44)16-13-24(2)3)40(46)43-26(6)15-18-27-19-20-31-35(45)22-29(17-14-25(4)5)39(50-42(43)48)36(31)37(27)43/h11-15,18,21-23,26-27,32,37-38,44-45H,7-10,16-17,19-20H2,1-6H3/b12-11+/t26-,27-,32?,37+,38?,43+/m0/s1. The van der Waals surface area contributed by atoms with Crippen molar-refractivity contribution < 1.29 is 34.1 Å². The van der Waals surface area contributed by atoms with E-state index in [0.29, 0.717) is 53.7 Å². The lowest BCUT2D eigenvalue weighted by molar-refractivity contribution is -0.161. The van der Waals surface area contributed by atoms with Crippen LogP contribution in [0, 0.1) is 23.2 Å². The van der Waals surface area contributed by atoms with E-state index in [-0.39, 0.29) is 23.0 Å². The molecule has 6 rings (SSSR count). The lowest BCUT2D eigenvalue weighted by Crippen LogP contribution is -2.58. The van der Waals surface area contributed by atoms with E-state index in [1.54, 1.807) is 18.2 Å². The summed E-state index contributed by atoms with van der Waals surface area (Å²) in [6.45, 7) is 11.9. The van der Waals surface area contributed by atoms with Crippen molar-refractivity contribution in [2.24, 2.45) is 23.2 Å². The molecule has 0 spiro atoms. The van der Waals surface area contributed by atoms with Crippen molar-refractivity contribution in [2.75, 3.05) is 0 Å². The van der Waals surface area contributed by atoms with Gasteiger partial charge in [0.25, 0.3) is 0 Å². The van der Waals surface area contributed by atoms with E-state index in [0.717, 1.165) is 42.4 Å². The van der Waals surface area contributed by atoms with Gasteiger partial charge in [0.1, 0.15) is 34.4 Å². The number of hydrogen-bond acceptors (Lipinski definition) is 7. The zero-order valence-electron chi connectivity index (χ0n) is 30.2. The number of aliphatic hydroxyl groups excluding tert-OH is 1. The molecule has 0 aromatic heterocycles. The van der Waals surface area contributed by atoms with E-state index in [2.05, 4.69) is 13.0 Å². The van der Waals surface area contributed by atoms with Crippen LogP contribution in [-0.2, 0) is 32.0 Å². The fraction of sp³-hybridized carbons (Fsp3) is 0.465. The molecule has 0 radical (unpaired) electrons. The van der Waals surface area contributed by atoms with Crippen LogP contribution in [0.5, 0.6) is 11.5 Å². The quantitative estimate of drug-likeness (QED) is 0.0601. The molecule has 0 saturated carbocycles. The maximum atomic E-state index is 15.2. The van der Waals surface area contributed by atoms with Gasteiger partial charge in [-0.25, -0.2) is 4.79 Å². The number of benzene rings is 1. The Morgan fingerprint density at radius 2 is 1.78 bits per heavy atom. The van der Waals surface area contributed by atoms with E-state index in [9.17, 15) is 19.8 Å². The van der Waals surface area contributed by atoms with Gasteiger partial charge in [-0.15, -0.1) is 0 Å². The fourth-order valence-corrected chi connectivity index (χ4v) is 8.55. The number of rotatable bonds is 11. The summed E-state index contributed by atoms with van der Waals surface area (Å²) in [5.41, 5.74) is 3.63. The van der Waals surface area contributed by atoms with Gasteiger partial charge in [-0.3, -0.25) is 9.59 Å². The molecular weight excluding hydrogens is 628 g/mol. The molecule has 264 valence electrons. The van der Waals surface area contributed by atoms with Gasteiger partial charge in [-0.1, -0.05) is 80.4 Å². The number of allylic oxidation sites excluding steroid dienone is 9. The monoisotopic (exact) mass is 678 g/mol. The number of aromatic hydroxyl groups is 1. The molecule has 0 fully saturated rings. The number of fused-ring (bicyclic) bond motifs is 1. The van der Waals surface area contributed by atoms with E-state index in [4.69, 9.17) is 9.47 Å². The first kappa shape index (κ1) is 35.4. The summed E-state index contributed by atoms with van der Waals surface area (Å²) in [5.74, 6) is -3.47. The highest BCUT2D eigenvalue weighted by molar-refractivity contribution is 6.26. The van der Waals surface area contributed by atoms with Crippen molar-refractivity contribution in [2.45, 2.75) is 105 Å². The molecule has 2 N–H and O–H groups in total. The molecular formula is C43H50O7. The van der Waals surface area contributed by atoms with Crippen LogP contribution in [0.15, 0.2) is 88.3 Å². The number of carbonyl (C=O) groups is 3. The van der Waals surface area contributed by atoms with Gasteiger partial charge in [-0.2, -0.15) is 0 Å². The summed E-state index contributed by atoms with van der Waals surface area (Å²) in [5, 5.41) is 22.6. The number of phenols is 1. The first-order chi connectivity index (χ1) is 23.9. The Labute approximate surface area is 295 Å². The fourth-order valence-electron chi connectivity index (χ4n) is 8.55. The number of carbonyl (C=O) groups excluding carboxylic acids is 3. The topological polar surface area (TPSA) is 110 Å². The van der Waals surface area contributed by atoms with Crippen LogP contribution < -0.4 is 4.74 Å². The van der Waals surface area contributed by atoms with Crippen molar-refractivity contribution in [1.29, 1.82) is 0 Å². The molecule has 0 saturated heterocycles. The molecule has 7 nitrogen and oxygen atoms in total. The second-order valence-corrected chi connectivity index (χ2v) is 15.1. The number of Topliss-reactive ketones (excluding diaryl/α,β-unsaturated/α-hetero) is 1. The molecule has 0 amide bonds. The highest BCUT2D eigenvalue weighted by atomic mass is 16.5. The lowest BCUT2D eigenvalue weighted by atomic mass is 9.51. The van der Waals surface area contributed by atoms with Crippen LogP contribution in [0.2, 0.25) is 0 Å². The number of unbranched alkanes of at least 4 members (excludes halogenated alkanes) is 3. The summed E-state index contributed by atoms with van der Waals surface area (Å²) >= 11 is 0. The average molecular weight is 679 g/mol. The van der Waals surface area contributed by atoms with Crippen molar-refractivity contribution >= 4 is 17.7 Å². The number of phenolic OH excluding ortho intramolecular Hbond substituents is 1. The number of aliphatic hydroxyl groups is 1. The molecule has 5 aliphatic rings. The summed E-state index contributed by atoms with van der Waals surface area (Å²) in [7, 11) is 0. The molecule has 2 unspecified atom stereocenters. The summed E-state index contributed by atoms with van der Waals surface area (Å²) in [4.78, 5) is 43.8. The smallest absolute Gasteiger partial charge is 0.342 e. The average Bonchev–Trinajstić information content (AvgIpc) is 3.07. The number of ketones is 1. The molecule has 1 aromatic carbocycles. The zero-order chi connectivity index (χ0) is 35.9. The molecule has 2 aliphatic heterocycles. The third-order valence-electron chi connectivity index (χ3n) is 11.2. The van der Waals surface area contributed by atoms with Gasteiger partial charge in [0.05, 0.1) is 0 Å². The zero-order valence-corrected chi connectivity index (χ0v) is 30.2. The van der Waals surface area contributed by atoms with Crippen molar-refractivity contribution in [3.05, 3.63) is 105 Å². The number of esters is 2. The van der Waals surface area contributed by atoms with Gasteiger partial charge in [0, 0.05) is 34.1 Å². The largest absolute Gasteiger partial charge is 0.508 e. The van der Waals surface area contributed by atoms with Gasteiger partial charge < -0.3 is 19.7 Å². The Balaban J connectivity index is 1.48. The Morgan fingerprint density at radius 3 is 2.50 bits per heavy atom. The minimum Gasteiger partial charge on any atom is -0.508 e. The minimum atomic E-state index is -1.74. The Hall–Kier alpha value is -4.39. The summed E-state index contributed by atoms with van der Waals surface area (Å²) in [6.07, 6.45) is 20.7. The van der Waals surface area contributed by atoms with Gasteiger partial charge in [0.2, 0.25) is 0 Å². The van der Waals surface area contributed by atoms with Crippen LogP contribution in [0.3, 0.4) is 0 Å². The van der Waals surface area contributed by atoms with Crippen LogP contribution >= 0.6 is 0 Å². The Bertz CT molecular complexity index is 1820. The second kappa shape index (κ2) is 14.1. The Kier molecular flexibility index (Phi) is 9.98. The molecule has 7 heteroatoms. The van der Waals surface area contributed by atoms with Crippen LogP contribution in [-0.4, -0.2) is 34.0 Å². The van der Waals surface area contributed by atoms with Gasteiger partial charge >= 0.3 is 11.9 Å². The number of ether oxygens (including phenoxy) is 2. The van der Waals surface area contributed by atoms with Crippen LogP contribution in [0.4, 0.5) is 0 Å². The summed E-state index contributed by atoms with van der Waals surface area (Å²) in [6, 6.07) is 1.68. The van der Waals surface area contributed by atoms with Crippen LogP contribution in [0.1, 0.15) is 103 Å². The molecule has 50 heavy (non-hydrogen) atoms. The highest BCUT2D eigenvalue weighted by Gasteiger charge is 2.65. The van der Waals surface area contributed by atoms with Crippen molar-refractivity contribution in [3.63, 3.8) is 0 Å². The molecule has 2 heterocycles. The van der Waals surface area contributed by atoms with E-state index in [1.165, 1.54) is 0 Å². The summed E-state index contributed by atoms with van der Waals surface area (Å²) < 4.78 is 12.4. The van der Waals surface area contributed by atoms with Gasteiger partial charge in [-0.05, 0) is 95.8 Å². The van der Waals surface area contributed by atoms with Crippen molar-refractivity contribution in [1.82, 2.24) is 0 Å². The van der Waals surface area contributed by atoms with E-state index < -0.39 is 47.0 Å². The van der Waals surface area contributed by atoms with Gasteiger partial charge in [0.15, 0.2) is 5.78 Å². The molecule has 0 bridgehead atoms. The van der Waals surface area contributed by atoms with Crippen LogP contribution in [0.25, 0.3) is 0 Å². The Morgan fingerprint density at radius 1 is 1.04 bits per heavy atom. The normalized spacial score (nSPS) is 27.8. The maximum absolute atomic E-state index is 15.2. The first-order valence-electron chi connectivity index (χ1n) is 18.2. The first-order valence-corrected chi connectivity index (χ1v) is 18.2. The van der Waals surface area contributed by atoms with Crippen molar-refractivity contribution in [3.8, 4) is 11.5 Å². The molecule has 3 aliphatic carbocycles. The predicted molar refractivity (Wildman–Crippen MR) is 194 cm³/mol. The number of hydrogen-bond donors (Lipinski definition) is 2. The SMILES string of the molecule is CCCCC/C=C/C1=C(O)C=C(CC=C(C)C)C2OC(=O)C(C(=O)[C@]34C(=O)Oc5c(CC=C(C)C)cc(O)c6c5[C@H]3[C@@H](C=C[C@@H]4C)CC6)=CC12. The minimum absolute atomic E-state index is 0.0747. The lowest BCUT2D eigenvalue weighted by Gasteiger charge is -2.52. The highest BCUT2D eigenvalue weighted by Crippen LogP contribution is 2.63. The third-order valence-corrected chi connectivity index (χ3v) is 11.2. The second-order valence-electron chi connectivity index (χ2n) is 15.1. The predicted octanol–water partition coefficient (Wildman–Crippen LogP) is 8.94.